The third kappa shape index (κ3) is 4.80. The predicted molar refractivity (Wildman–Crippen MR) is 64.2 cm³/mol. The van der Waals surface area contributed by atoms with Gasteiger partial charge in [-0.3, -0.25) is 0 Å². The second kappa shape index (κ2) is 5.88. The molecule has 6 heteroatoms. The maximum absolute atomic E-state index is 13.1. The van der Waals surface area contributed by atoms with Gasteiger partial charge in [-0.05, 0) is 31.5 Å². The summed E-state index contributed by atoms with van der Waals surface area (Å²) in [4.78, 5) is 0. The molecular formula is C13H17F4NO. The smallest absolute Gasteiger partial charge is 0.383 e. The van der Waals surface area contributed by atoms with E-state index >= 15 is 0 Å². The van der Waals surface area contributed by atoms with Gasteiger partial charge in [0.25, 0.3) is 0 Å². The van der Waals surface area contributed by atoms with E-state index in [0.29, 0.717) is 12.2 Å². The fourth-order valence-electron chi connectivity index (χ4n) is 1.65. The van der Waals surface area contributed by atoms with Crippen LogP contribution in [0, 0.1) is 5.82 Å². The number of hydrogen-bond donors (Lipinski definition) is 1. The van der Waals surface area contributed by atoms with E-state index in [0.717, 1.165) is 12.1 Å². The summed E-state index contributed by atoms with van der Waals surface area (Å²) in [6.45, 7) is 4.36. The second-order valence-electron chi connectivity index (χ2n) is 4.98. The highest BCUT2D eigenvalue weighted by molar-refractivity contribution is 5.27. The molecule has 0 radical (unpaired) electrons. The summed E-state index contributed by atoms with van der Waals surface area (Å²) in [5.74, 6) is -1.26. The molecule has 0 saturated heterocycles. The molecule has 0 bridgehead atoms. The number of rotatable bonds is 5. The number of alkyl halides is 3. The molecule has 0 aliphatic rings. The summed E-state index contributed by atoms with van der Waals surface area (Å²) in [6, 6.07) is 2.99. The van der Waals surface area contributed by atoms with Gasteiger partial charge >= 0.3 is 6.18 Å². The largest absolute Gasteiger partial charge is 0.419 e. The average molecular weight is 279 g/mol. The van der Waals surface area contributed by atoms with Gasteiger partial charge < -0.3 is 10.1 Å². The lowest BCUT2D eigenvalue weighted by Crippen LogP contribution is -2.42. The molecule has 108 valence electrons. The number of hydrogen-bond acceptors (Lipinski definition) is 2. The highest BCUT2D eigenvalue weighted by atomic mass is 19.4. The number of benzene rings is 1. The third-order valence-electron chi connectivity index (χ3n) is 2.61. The summed E-state index contributed by atoms with van der Waals surface area (Å²) in [6.07, 6.45) is -4.68. The Balaban J connectivity index is 2.81. The van der Waals surface area contributed by atoms with Crippen molar-refractivity contribution in [2.24, 2.45) is 0 Å². The van der Waals surface area contributed by atoms with Gasteiger partial charge in [-0.1, -0.05) is 6.07 Å². The van der Waals surface area contributed by atoms with E-state index in [4.69, 9.17) is 4.74 Å². The minimum absolute atomic E-state index is 0.208. The summed E-state index contributed by atoms with van der Waals surface area (Å²) in [7, 11) is 1.54. The number of halogens is 4. The van der Waals surface area contributed by atoms with E-state index in [2.05, 4.69) is 5.32 Å². The molecule has 1 aromatic rings. The van der Waals surface area contributed by atoms with Crippen molar-refractivity contribution in [2.75, 3.05) is 13.7 Å². The normalized spacial score (nSPS) is 12.8. The fraction of sp³-hybridized carbons (Fsp3) is 0.538. The van der Waals surface area contributed by atoms with Crippen molar-refractivity contribution in [3.63, 3.8) is 0 Å². The molecule has 1 aromatic carbocycles. The van der Waals surface area contributed by atoms with Gasteiger partial charge in [-0.2, -0.15) is 13.2 Å². The van der Waals surface area contributed by atoms with Crippen molar-refractivity contribution < 1.29 is 22.3 Å². The highest BCUT2D eigenvalue weighted by Crippen LogP contribution is 2.31. The minimum atomic E-state index is -4.68. The molecule has 1 rings (SSSR count). The first-order valence-electron chi connectivity index (χ1n) is 5.75. The summed E-state index contributed by atoms with van der Waals surface area (Å²) in [5, 5.41) is 3.06. The minimum Gasteiger partial charge on any atom is -0.383 e. The van der Waals surface area contributed by atoms with Crippen LogP contribution in [0.5, 0.6) is 0 Å². The van der Waals surface area contributed by atoms with Crippen molar-refractivity contribution in [1.82, 2.24) is 5.32 Å². The Morgan fingerprint density at radius 2 is 1.84 bits per heavy atom. The Bertz CT molecular complexity index is 429. The van der Waals surface area contributed by atoms with Crippen LogP contribution >= 0.6 is 0 Å². The van der Waals surface area contributed by atoms with Crippen molar-refractivity contribution in [2.45, 2.75) is 32.1 Å². The first kappa shape index (κ1) is 15.9. The lowest BCUT2D eigenvalue weighted by Gasteiger charge is -2.25. The molecule has 2 nitrogen and oxygen atoms in total. The molecule has 0 aliphatic heterocycles. The summed E-state index contributed by atoms with van der Waals surface area (Å²) < 4.78 is 55.7. The highest BCUT2D eigenvalue weighted by Gasteiger charge is 2.34. The van der Waals surface area contributed by atoms with E-state index in [9.17, 15) is 17.6 Å². The Labute approximate surface area is 109 Å². The van der Waals surface area contributed by atoms with Gasteiger partial charge in [0.2, 0.25) is 0 Å². The van der Waals surface area contributed by atoms with E-state index in [1.54, 1.807) is 7.11 Å². The van der Waals surface area contributed by atoms with Gasteiger partial charge in [0, 0.05) is 19.2 Å². The molecule has 0 unspecified atom stereocenters. The lowest BCUT2D eigenvalue weighted by atomic mass is 10.1. The van der Waals surface area contributed by atoms with Crippen molar-refractivity contribution in [3.05, 3.63) is 35.1 Å². The fourth-order valence-corrected chi connectivity index (χ4v) is 1.65. The zero-order valence-electron chi connectivity index (χ0n) is 11.1. The first-order chi connectivity index (χ1) is 8.65. The van der Waals surface area contributed by atoms with E-state index in [1.165, 1.54) is 6.07 Å². The van der Waals surface area contributed by atoms with Crippen LogP contribution in [-0.4, -0.2) is 19.3 Å². The van der Waals surface area contributed by atoms with Crippen LogP contribution in [0.25, 0.3) is 0 Å². The summed E-state index contributed by atoms with van der Waals surface area (Å²) in [5.41, 5.74) is -1.24. The Kier molecular flexibility index (Phi) is 4.92. The average Bonchev–Trinajstić information content (AvgIpc) is 2.26. The lowest BCUT2D eigenvalue weighted by molar-refractivity contribution is -0.140. The third-order valence-corrected chi connectivity index (χ3v) is 2.61. The van der Waals surface area contributed by atoms with Crippen molar-refractivity contribution in [3.8, 4) is 0 Å². The molecule has 0 aromatic heterocycles. The Morgan fingerprint density at radius 3 is 2.37 bits per heavy atom. The maximum Gasteiger partial charge on any atom is 0.419 e. The van der Waals surface area contributed by atoms with Gasteiger partial charge in [-0.25, -0.2) is 4.39 Å². The first-order valence-corrected chi connectivity index (χ1v) is 5.75. The van der Waals surface area contributed by atoms with Crippen LogP contribution in [0.2, 0.25) is 0 Å². The van der Waals surface area contributed by atoms with Crippen LogP contribution < -0.4 is 5.32 Å². The Hall–Kier alpha value is -1.14. The maximum atomic E-state index is 13.1. The van der Waals surface area contributed by atoms with Crippen LogP contribution in [0.4, 0.5) is 17.6 Å². The molecule has 0 fully saturated rings. The van der Waals surface area contributed by atoms with Crippen LogP contribution in [0.1, 0.15) is 25.0 Å². The van der Waals surface area contributed by atoms with Crippen molar-refractivity contribution >= 4 is 0 Å². The van der Waals surface area contributed by atoms with E-state index in [1.807, 2.05) is 13.8 Å². The molecule has 0 saturated carbocycles. The number of methoxy groups -OCH3 is 1. The molecule has 0 atom stereocenters. The van der Waals surface area contributed by atoms with Gasteiger partial charge in [0.05, 0.1) is 12.2 Å². The molecule has 0 aliphatic carbocycles. The predicted octanol–water partition coefficient (Wildman–Crippen LogP) is 3.36. The van der Waals surface area contributed by atoms with E-state index in [-0.39, 0.29) is 12.1 Å². The van der Waals surface area contributed by atoms with Crippen LogP contribution in [-0.2, 0) is 17.5 Å². The molecule has 0 amide bonds. The SMILES string of the molecule is COCC(C)(C)NCc1ccc(F)c(C(F)(F)F)c1. The number of nitrogens with one attached hydrogen (secondary N) is 1. The summed E-state index contributed by atoms with van der Waals surface area (Å²) >= 11 is 0. The molecule has 0 spiro atoms. The van der Waals surface area contributed by atoms with Gasteiger partial charge in [0.1, 0.15) is 5.82 Å². The van der Waals surface area contributed by atoms with Gasteiger partial charge in [0.15, 0.2) is 0 Å². The molecule has 1 N–H and O–H groups in total. The van der Waals surface area contributed by atoms with Crippen molar-refractivity contribution in [1.29, 1.82) is 0 Å². The monoisotopic (exact) mass is 279 g/mol. The molecule has 19 heavy (non-hydrogen) atoms. The second-order valence-corrected chi connectivity index (χ2v) is 4.98. The zero-order valence-corrected chi connectivity index (χ0v) is 11.1. The van der Waals surface area contributed by atoms with Crippen LogP contribution in [0.15, 0.2) is 18.2 Å². The quantitative estimate of drug-likeness (QED) is 0.834. The topological polar surface area (TPSA) is 21.3 Å². The standard InChI is InChI=1S/C13H17F4NO/c1-12(2,8-19-3)18-7-9-4-5-11(14)10(6-9)13(15,16)17/h4-6,18H,7-8H2,1-3H3. The molecular weight excluding hydrogens is 262 g/mol. The Morgan fingerprint density at radius 1 is 1.21 bits per heavy atom. The zero-order chi connectivity index (χ0) is 14.7. The molecule has 0 heterocycles. The van der Waals surface area contributed by atoms with Gasteiger partial charge in [-0.15, -0.1) is 0 Å². The van der Waals surface area contributed by atoms with E-state index < -0.39 is 17.6 Å². The number of ether oxygens (including phenoxy) is 1. The van der Waals surface area contributed by atoms with Crippen LogP contribution in [0.3, 0.4) is 0 Å².